The minimum atomic E-state index is -0.245. The van der Waals surface area contributed by atoms with Gasteiger partial charge in [0, 0.05) is 12.4 Å². The molecular weight excluding hydrogens is 193 g/mol. The Labute approximate surface area is 87.4 Å². The van der Waals surface area contributed by atoms with Crippen molar-refractivity contribution in [1.82, 2.24) is 4.98 Å². The van der Waals surface area contributed by atoms with E-state index in [0.29, 0.717) is 6.61 Å². The maximum atomic E-state index is 12.8. The van der Waals surface area contributed by atoms with Crippen LogP contribution in [0, 0.1) is 5.82 Å². The Kier molecular flexibility index (Phi) is 2.93. The van der Waals surface area contributed by atoms with Crippen LogP contribution in [0.15, 0.2) is 48.8 Å². The molecule has 1 aromatic heterocycles. The summed E-state index contributed by atoms with van der Waals surface area (Å²) in [6.07, 6.45) is 3.31. The largest absolute Gasteiger partial charge is 0.489 e. The first-order valence-corrected chi connectivity index (χ1v) is 4.62. The molecule has 0 N–H and O–H groups in total. The van der Waals surface area contributed by atoms with Gasteiger partial charge in [0.15, 0.2) is 0 Å². The SMILES string of the molecule is Fc1cccc(COc2ccncc2)c1. The van der Waals surface area contributed by atoms with Gasteiger partial charge >= 0.3 is 0 Å². The van der Waals surface area contributed by atoms with Crippen LogP contribution in [0.2, 0.25) is 0 Å². The van der Waals surface area contributed by atoms with Gasteiger partial charge in [0.1, 0.15) is 18.2 Å². The van der Waals surface area contributed by atoms with Gasteiger partial charge < -0.3 is 4.74 Å². The van der Waals surface area contributed by atoms with Crippen LogP contribution >= 0.6 is 0 Å². The first kappa shape index (κ1) is 9.65. The van der Waals surface area contributed by atoms with Gasteiger partial charge in [-0.1, -0.05) is 12.1 Å². The van der Waals surface area contributed by atoms with Crippen LogP contribution < -0.4 is 4.74 Å². The number of benzene rings is 1. The van der Waals surface area contributed by atoms with E-state index < -0.39 is 0 Å². The monoisotopic (exact) mass is 203 g/mol. The minimum absolute atomic E-state index is 0.245. The lowest BCUT2D eigenvalue weighted by atomic mass is 10.2. The summed E-state index contributed by atoms with van der Waals surface area (Å²) in [7, 11) is 0. The summed E-state index contributed by atoms with van der Waals surface area (Å²) in [4.78, 5) is 3.87. The molecule has 0 aliphatic heterocycles. The average molecular weight is 203 g/mol. The molecule has 2 aromatic rings. The molecule has 1 aromatic carbocycles. The maximum absolute atomic E-state index is 12.8. The molecule has 0 fully saturated rings. The molecule has 0 aliphatic carbocycles. The second-order valence-corrected chi connectivity index (χ2v) is 3.10. The molecule has 15 heavy (non-hydrogen) atoms. The van der Waals surface area contributed by atoms with Gasteiger partial charge in [0.2, 0.25) is 0 Å². The van der Waals surface area contributed by atoms with E-state index in [1.54, 1.807) is 30.6 Å². The van der Waals surface area contributed by atoms with Crippen molar-refractivity contribution in [2.75, 3.05) is 0 Å². The van der Waals surface area contributed by atoms with Crippen molar-refractivity contribution < 1.29 is 9.13 Å². The molecule has 2 rings (SSSR count). The second-order valence-electron chi connectivity index (χ2n) is 3.10. The predicted octanol–water partition coefficient (Wildman–Crippen LogP) is 2.80. The third kappa shape index (κ3) is 2.77. The summed E-state index contributed by atoms with van der Waals surface area (Å²) < 4.78 is 18.3. The zero-order chi connectivity index (χ0) is 10.5. The lowest BCUT2D eigenvalue weighted by Gasteiger charge is -2.05. The molecule has 0 atom stereocenters. The van der Waals surface area contributed by atoms with Crippen molar-refractivity contribution in [3.05, 3.63) is 60.2 Å². The standard InChI is InChI=1S/C12H10FNO/c13-11-3-1-2-10(8-11)9-15-12-4-6-14-7-5-12/h1-8H,9H2. The summed E-state index contributed by atoms with van der Waals surface area (Å²) in [5.41, 5.74) is 0.812. The normalized spacial score (nSPS) is 9.93. The molecule has 1 heterocycles. The lowest BCUT2D eigenvalue weighted by Crippen LogP contribution is -1.95. The number of hydrogen-bond donors (Lipinski definition) is 0. The van der Waals surface area contributed by atoms with Crippen molar-refractivity contribution in [2.45, 2.75) is 6.61 Å². The molecule has 0 amide bonds. The van der Waals surface area contributed by atoms with Gasteiger partial charge in [-0.15, -0.1) is 0 Å². The molecule has 76 valence electrons. The quantitative estimate of drug-likeness (QED) is 0.765. The molecular formula is C12H10FNO. The summed E-state index contributed by atoms with van der Waals surface area (Å²) in [6.45, 7) is 0.363. The molecule has 0 unspecified atom stereocenters. The van der Waals surface area contributed by atoms with Gasteiger partial charge in [-0.25, -0.2) is 4.39 Å². The summed E-state index contributed by atoms with van der Waals surface area (Å²) in [5, 5.41) is 0. The number of halogens is 1. The lowest BCUT2D eigenvalue weighted by molar-refractivity contribution is 0.305. The Balaban J connectivity index is 1.99. The molecule has 0 saturated heterocycles. The Morgan fingerprint density at radius 1 is 1.13 bits per heavy atom. The third-order valence-electron chi connectivity index (χ3n) is 1.94. The summed E-state index contributed by atoms with van der Waals surface area (Å²) in [6, 6.07) is 9.89. The van der Waals surface area contributed by atoms with Crippen molar-refractivity contribution in [1.29, 1.82) is 0 Å². The number of rotatable bonds is 3. The van der Waals surface area contributed by atoms with Crippen LogP contribution in [0.3, 0.4) is 0 Å². The molecule has 2 nitrogen and oxygen atoms in total. The van der Waals surface area contributed by atoms with E-state index in [1.807, 2.05) is 6.07 Å². The highest BCUT2D eigenvalue weighted by atomic mass is 19.1. The van der Waals surface area contributed by atoms with E-state index in [-0.39, 0.29) is 5.82 Å². The van der Waals surface area contributed by atoms with Gasteiger partial charge in [-0.3, -0.25) is 4.98 Å². The Morgan fingerprint density at radius 3 is 2.67 bits per heavy atom. The van der Waals surface area contributed by atoms with E-state index in [1.165, 1.54) is 12.1 Å². The van der Waals surface area contributed by atoms with E-state index in [0.717, 1.165) is 11.3 Å². The molecule has 0 saturated carbocycles. The topological polar surface area (TPSA) is 22.1 Å². The van der Waals surface area contributed by atoms with Crippen molar-refractivity contribution in [3.63, 3.8) is 0 Å². The average Bonchev–Trinajstić information content (AvgIpc) is 2.28. The summed E-state index contributed by atoms with van der Waals surface area (Å²) >= 11 is 0. The fraction of sp³-hybridized carbons (Fsp3) is 0.0833. The van der Waals surface area contributed by atoms with Crippen molar-refractivity contribution in [2.24, 2.45) is 0 Å². The minimum Gasteiger partial charge on any atom is -0.489 e. The molecule has 0 bridgehead atoms. The molecule has 0 spiro atoms. The first-order chi connectivity index (χ1) is 7.34. The highest BCUT2D eigenvalue weighted by Crippen LogP contribution is 2.11. The third-order valence-corrected chi connectivity index (χ3v) is 1.94. The van der Waals surface area contributed by atoms with Gasteiger partial charge in [-0.2, -0.15) is 0 Å². The fourth-order valence-electron chi connectivity index (χ4n) is 1.23. The van der Waals surface area contributed by atoms with Crippen molar-refractivity contribution in [3.8, 4) is 5.75 Å². The first-order valence-electron chi connectivity index (χ1n) is 4.62. The Bertz CT molecular complexity index is 431. The van der Waals surface area contributed by atoms with E-state index in [4.69, 9.17) is 4.74 Å². The van der Waals surface area contributed by atoms with E-state index in [9.17, 15) is 4.39 Å². The second kappa shape index (κ2) is 4.55. The number of pyridine rings is 1. The van der Waals surface area contributed by atoms with E-state index in [2.05, 4.69) is 4.98 Å². The Hall–Kier alpha value is -1.90. The zero-order valence-electron chi connectivity index (χ0n) is 8.06. The predicted molar refractivity (Wildman–Crippen MR) is 55.0 cm³/mol. The van der Waals surface area contributed by atoms with Gasteiger partial charge in [0.05, 0.1) is 0 Å². The number of nitrogens with zero attached hydrogens (tertiary/aromatic N) is 1. The number of ether oxygens (including phenoxy) is 1. The highest BCUT2D eigenvalue weighted by Gasteiger charge is 1.96. The highest BCUT2D eigenvalue weighted by molar-refractivity contribution is 5.19. The Morgan fingerprint density at radius 2 is 1.93 bits per heavy atom. The maximum Gasteiger partial charge on any atom is 0.123 e. The van der Waals surface area contributed by atoms with Crippen LogP contribution in [-0.2, 0) is 6.61 Å². The molecule has 0 aliphatic rings. The molecule has 0 radical (unpaired) electrons. The fourth-order valence-corrected chi connectivity index (χ4v) is 1.23. The smallest absolute Gasteiger partial charge is 0.123 e. The van der Waals surface area contributed by atoms with Gasteiger partial charge in [0.25, 0.3) is 0 Å². The van der Waals surface area contributed by atoms with E-state index >= 15 is 0 Å². The van der Waals surface area contributed by atoms with Crippen LogP contribution in [-0.4, -0.2) is 4.98 Å². The van der Waals surface area contributed by atoms with Crippen LogP contribution in [0.1, 0.15) is 5.56 Å². The van der Waals surface area contributed by atoms with Crippen LogP contribution in [0.25, 0.3) is 0 Å². The van der Waals surface area contributed by atoms with Crippen LogP contribution in [0.4, 0.5) is 4.39 Å². The number of aromatic nitrogens is 1. The van der Waals surface area contributed by atoms with Gasteiger partial charge in [-0.05, 0) is 29.8 Å². The van der Waals surface area contributed by atoms with Crippen LogP contribution in [0.5, 0.6) is 5.75 Å². The summed E-state index contributed by atoms with van der Waals surface area (Å²) in [5.74, 6) is 0.486. The number of hydrogen-bond acceptors (Lipinski definition) is 2. The molecule has 3 heteroatoms. The van der Waals surface area contributed by atoms with Crippen molar-refractivity contribution >= 4 is 0 Å². The zero-order valence-corrected chi connectivity index (χ0v) is 8.06.